The maximum atomic E-state index is 13.6. The summed E-state index contributed by atoms with van der Waals surface area (Å²) in [5.74, 6) is 0.223. The zero-order valence-electron chi connectivity index (χ0n) is 19.4. The number of carbonyl (C=O) groups excluding carboxylic acids is 1. The summed E-state index contributed by atoms with van der Waals surface area (Å²) in [6, 6.07) is 9.54. The SMILES string of the molecule is CNC(=O)c1ccccc1Nc1nc(NCc2cc(OC)c(OC)c(OC)c2)ncc1C(F)(F)F. The first-order valence-electron chi connectivity index (χ1n) is 10.3. The van der Waals surface area contributed by atoms with Gasteiger partial charge in [0.2, 0.25) is 11.7 Å². The minimum Gasteiger partial charge on any atom is -0.493 e. The summed E-state index contributed by atoms with van der Waals surface area (Å²) in [5, 5.41) is 7.97. The Kier molecular flexibility index (Phi) is 7.84. The van der Waals surface area contributed by atoms with Gasteiger partial charge in [-0.1, -0.05) is 12.1 Å². The molecular weight excluding hydrogens is 467 g/mol. The van der Waals surface area contributed by atoms with Crippen LogP contribution in [0.4, 0.5) is 30.6 Å². The molecule has 0 aliphatic heterocycles. The van der Waals surface area contributed by atoms with Crippen molar-refractivity contribution in [2.24, 2.45) is 0 Å². The van der Waals surface area contributed by atoms with E-state index < -0.39 is 23.5 Å². The maximum Gasteiger partial charge on any atom is 0.421 e. The van der Waals surface area contributed by atoms with Crippen molar-refractivity contribution < 1.29 is 32.2 Å². The second-order valence-electron chi connectivity index (χ2n) is 7.09. The summed E-state index contributed by atoms with van der Waals surface area (Å²) in [6.45, 7) is 0.149. The zero-order chi connectivity index (χ0) is 25.6. The van der Waals surface area contributed by atoms with E-state index in [-0.39, 0.29) is 23.7 Å². The van der Waals surface area contributed by atoms with Crippen molar-refractivity contribution in [2.45, 2.75) is 12.7 Å². The van der Waals surface area contributed by atoms with Crippen LogP contribution in [0.1, 0.15) is 21.5 Å². The molecule has 0 bridgehead atoms. The van der Waals surface area contributed by atoms with Crippen LogP contribution < -0.4 is 30.2 Å². The van der Waals surface area contributed by atoms with Crippen LogP contribution in [0.3, 0.4) is 0 Å². The molecule has 3 aromatic rings. The number of nitrogens with zero attached hydrogens (tertiary/aromatic N) is 2. The van der Waals surface area contributed by atoms with Crippen LogP contribution in [0.5, 0.6) is 17.2 Å². The quantitative estimate of drug-likeness (QED) is 0.408. The largest absolute Gasteiger partial charge is 0.493 e. The number of nitrogens with one attached hydrogen (secondary N) is 3. The Balaban J connectivity index is 1.93. The van der Waals surface area contributed by atoms with Crippen molar-refractivity contribution in [3.8, 4) is 17.2 Å². The van der Waals surface area contributed by atoms with Crippen molar-refractivity contribution in [1.29, 1.82) is 0 Å². The van der Waals surface area contributed by atoms with Crippen LogP contribution in [0.15, 0.2) is 42.6 Å². The third-order valence-electron chi connectivity index (χ3n) is 4.92. The number of para-hydroxylation sites is 1. The highest BCUT2D eigenvalue weighted by Gasteiger charge is 2.35. The predicted octanol–water partition coefficient (Wildman–Crippen LogP) is 4.24. The molecule has 0 saturated carbocycles. The summed E-state index contributed by atoms with van der Waals surface area (Å²) in [5.41, 5.74) is -0.0784. The Morgan fingerprint density at radius 2 is 1.69 bits per heavy atom. The lowest BCUT2D eigenvalue weighted by Gasteiger charge is -2.17. The van der Waals surface area contributed by atoms with E-state index in [2.05, 4.69) is 25.9 Å². The molecule has 35 heavy (non-hydrogen) atoms. The fourth-order valence-corrected chi connectivity index (χ4v) is 3.24. The van der Waals surface area contributed by atoms with Gasteiger partial charge in [0.25, 0.3) is 5.91 Å². The predicted molar refractivity (Wildman–Crippen MR) is 124 cm³/mol. The average molecular weight is 491 g/mol. The molecule has 0 aliphatic rings. The van der Waals surface area contributed by atoms with Gasteiger partial charge in [0.15, 0.2) is 11.5 Å². The Morgan fingerprint density at radius 3 is 2.26 bits per heavy atom. The fraction of sp³-hybridized carbons (Fsp3) is 0.261. The van der Waals surface area contributed by atoms with Gasteiger partial charge in [-0.2, -0.15) is 18.2 Å². The summed E-state index contributed by atoms with van der Waals surface area (Å²) in [4.78, 5) is 20.0. The van der Waals surface area contributed by atoms with Gasteiger partial charge in [0, 0.05) is 19.8 Å². The molecule has 1 aromatic heterocycles. The smallest absolute Gasteiger partial charge is 0.421 e. The van der Waals surface area contributed by atoms with Gasteiger partial charge in [-0.3, -0.25) is 4.79 Å². The van der Waals surface area contributed by atoms with E-state index in [0.29, 0.717) is 29.0 Å². The zero-order valence-corrected chi connectivity index (χ0v) is 19.4. The molecule has 3 N–H and O–H groups in total. The van der Waals surface area contributed by atoms with Crippen LogP contribution >= 0.6 is 0 Å². The lowest BCUT2D eigenvalue weighted by molar-refractivity contribution is -0.137. The molecular formula is C23H24F3N5O4. The maximum absolute atomic E-state index is 13.6. The number of methoxy groups -OCH3 is 3. The summed E-state index contributed by atoms with van der Waals surface area (Å²) in [6.07, 6.45) is -4.05. The first kappa shape index (κ1) is 25.4. The number of benzene rings is 2. The van der Waals surface area contributed by atoms with Gasteiger partial charge in [-0.15, -0.1) is 0 Å². The van der Waals surface area contributed by atoms with Crippen LogP contribution in [0, 0.1) is 0 Å². The fourth-order valence-electron chi connectivity index (χ4n) is 3.24. The third kappa shape index (κ3) is 5.83. The number of hydrogen-bond donors (Lipinski definition) is 3. The van der Waals surface area contributed by atoms with Crippen molar-refractivity contribution in [2.75, 3.05) is 39.0 Å². The molecule has 2 aromatic carbocycles. The van der Waals surface area contributed by atoms with Gasteiger partial charge in [-0.05, 0) is 29.8 Å². The Bertz CT molecular complexity index is 1180. The van der Waals surface area contributed by atoms with Crippen LogP contribution in [0.25, 0.3) is 0 Å². The molecule has 0 unspecified atom stereocenters. The van der Waals surface area contributed by atoms with E-state index >= 15 is 0 Å². The number of alkyl halides is 3. The van der Waals surface area contributed by atoms with Crippen molar-refractivity contribution in [1.82, 2.24) is 15.3 Å². The number of aromatic nitrogens is 2. The first-order valence-corrected chi connectivity index (χ1v) is 10.3. The number of ether oxygens (including phenoxy) is 3. The standard InChI is InChI=1S/C23H24F3N5O4/c1-27-21(32)14-7-5-6-8-16(14)30-20-15(23(24,25)26)12-29-22(31-20)28-11-13-9-17(33-2)19(35-4)18(10-13)34-3/h5-10,12H,11H2,1-4H3,(H,27,32)(H2,28,29,30,31). The van der Waals surface area contributed by atoms with Crippen molar-refractivity contribution >= 4 is 23.4 Å². The van der Waals surface area contributed by atoms with Crippen molar-refractivity contribution in [3.05, 3.63) is 59.3 Å². The molecule has 0 spiro atoms. The molecule has 12 heteroatoms. The van der Waals surface area contributed by atoms with E-state index in [1.54, 1.807) is 24.3 Å². The lowest BCUT2D eigenvalue weighted by atomic mass is 10.1. The molecule has 0 atom stereocenters. The molecule has 3 rings (SSSR count). The molecule has 0 radical (unpaired) electrons. The van der Waals surface area contributed by atoms with Gasteiger partial charge in [-0.25, -0.2) is 4.98 Å². The molecule has 1 amide bonds. The Labute approximate surface area is 199 Å². The number of hydrogen-bond acceptors (Lipinski definition) is 8. The highest BCUT2D eigenvalue weighted by molar-refractivity contribution is 6.00. The van der Waals surface area contributed by atoms with Gasteiger partial charge < -0.3 is 30.2 Å². The van der Waals surface area contributed by atoms with E-state index in [9.17, 15) is 18.0 Å². The van der Waals surface area contributed by atoms with Crippen LogP contribution in [-0.4, -0.2) is 44.3 Å². The summed E-state index contributed by atoms with van der Waals surface area (Å²) >= 11 is 0. The van der Waals surface area contributed by atoms with Gasteiger partial charge >= 0.3 is 6.18 Å². The number of amides is 1. The third-order valence-corrected chi connectivity index (χ3v) is 4.92. The molecule has 0 fully saturated rings. The number of carbonyl (C=O) groups is 1. The summed E-state index contributed by atoms with van der Waals surface area (Å²) < 4.78 is 56.8. The highest BCUT2D eigenvalue weighted by Crippen LogP contribution is 2.39. The second-order valence-corrected chi connectivity index (χ2v) is 7.09. The number of rotatable bonds is 9. The van der Waals surface area contributed by atoms with Gasteiger partial charge in [0.05, 0.1) is 32.6 Å². The second kappa shape index (κ2) is 10.8. The average Bonchev–Trinajstić information content (AvgIpc) is 2.85. The Hall–Kier alpha value is -4.22. The molecule has 0 saturated heterocycles. The monoisotopic (exact) mass is 491 g/mol. The number of halogens is 3. The molecule has 9 nitrogen and oxygen atoms in total. The molecule has 0 aliphatic carbocycles. The van der Waals surface area contributed by atoms with Gasteiger partial charge in [0.1, 0.15) is 11.4 Å². The van der Waals surface area contributed by atoms with Crippen LogP contribution in [0.2, 0.25) is 0 Å². The first-order chi connectivity index (χ1) is 16.7. The van der Waals surface area contributed by atoms with E-state index in [0.717, 1.165) is 0 Å². The van der Waals surface area contributed by atoms with Crippen LogP contribution in [-0.2, 0) is 12.7 Å². The summed E-state index contributed by atoms with van der Waals surface area (Å²) in [7, 11) is 5.85. The van der Waals surface area contributed by atoms with E-state index in [4.69, 9.17) is 14.2 Å². The minimum atomic E-state index is -4.72. The lowest BCUT2D eigenvalue weighted by Crippen LogP contribution is -2.20. The highest BCUT2D eigenvalue weighted by atomic mass is 19.4. The molecule has 1 heterocycles. The molecule has 186 valence electrons. The van der Waals surface area contributed by atoms with Crippen molar-refractivity contribution in [3.63, 3.8) is 0 Å². The minimum absolute atomic E-state index is 0.0633. The Morgan fingerprint density at radius 1 is 1.03 bits per heavy atom. The normalized spacial score (nSPS) is 10.9. The van der Waals surface area contributed by atoms with E-state index in [1.807, 2.05) is 0 Å². The topological polar surface area (TPSA) is 107 Å². The number of anilines is 3. The van der Waals surface area contributed by atoms with E-state index in [1.165, 1.54) is 40.5 Å².